The molecule has 1 rings (SSSR count). The Morgan fingerprint density at radius 3 is 2.88 bits per heavy atom. The Bertz CT molecular complexity index is 413. The van der Waals surface area contributed by atoms with Crippen LogP contribution in [0.2, 0.25) is 0 Å². The van der Waals surface area contributed by atoms with Crippen LogP contribution < -0.4 is 17.0 Å². The minimum absolute atomic E-state index is 0.262. The molecule has 1 unspecified atom stereocenters. The summed E-state index contributed by atoms with van der Waals surface area (Å²) >= 11 is 1.22. The summed E-state index contributed by atoms with van der Waals surface area (Å²) in [7, 11) is 1.59. The molecule has 1 aromatic heterocycles. The summed E-state index contributed by atoms with van der Waals surface area (Å²) in [4.78, 5) is 22.6. The van der Waals surface area contributed by atoms with Gasteiger partial charge in [0.1, 0.15) is 0 Å². The average molecular weight is 245 g/mol. The Morgan fingerprint density at radius 1 is 1.75 bits per heavy atom. The average Bonchev–Trinajstić information content (AvgIpc) is 2.59. The van der Waals surface area contributed by atoms with Gasteiger partial charge >= 0.3 is 5.69 Å². The quantitative estimate of drug-likeness (QED) is 0.277. The lowest BCUT2D eigenvalue weighted by atomic mass is 10.2. The van der Waals surface area contributed by atoms with E-state index in [0.29, 0.717) is 11.6 Å². The Morgan fingerprint density at radius 2 is 2.44 bits per heavy atom. The summed E-state index contributed by atoms with van der Waals surface area (Å²) in [6.45, 7) is 1.97. The number of hydrogen-bond acceptors (Lipinski definition) is 5. The predicted molar refractivity (Wildman–Crippen MR) is 60.7 cm³/mol. The molecule has 0 saturated carbocycles. The Hall–Kier alpha value is -1.28. The monoisotopic (exact) mass is 245 g/mol. The normalized spacial score (nSPS) is 12.4. The van der Waals surface area contributed by atoms with Gasteiger partial charge in [0.05, 0.1) is 5.25 Å². The molecule has 0 radical (unpaired) electrons. The minimum atomic E-state index is -0.330. The van der Waals surface area contributed by atoms with Crippen LogP contribution in [0.4, 0.5) is 0 Å². The van der Waals surface area contributed by atoms with E-state index in [1.54, 1.807) is 7.05 Å². The van der Waals surface area contributed by atoms with Crippen LogP contribution in [0.1, 0.15) is 19.8 Å². The van der Waals surface area contributed by atoms with E-state index in [9.17, 15) is 9.59 Å². The van der Waals surface area contributed by atoms with Gasteiger partial charge in [-0.1, -0.05) is 25.1 Å². The zero-order valence-electron chi connectivity index (χ0n) is 9.19. The number of thioether (sulfide) groups is 1. The van der Waals surface area contributed by atoms with Crippen LogP contribution in [0.15, 0.2) is 9.95 Å². The van der Waals surface area contributed by atoms with Crippen LogP contribution >= 0.6 is 11.8 Å². The lowest BCUT2D eigenvalue weighted by Crippen LogP contribution is -2.37. The first-order valence-electron chi connectivity index (χ1n) is 4.88. The molecule has 16 heavy (non-hydrogen) atoms. The van der Waals surface area contributed by atoms with Gasteiger partial charge in [0.25, 0.3) is 0 Å². The highest BCUT2D eigenvalue weighted by Gasteiger charge is 2.20. The maximum Gasteiger partial charge on any atom is 0.343 e. The molecule has 1 atom stereocenters. The Labute approximate surface area is 96.8 Å². The smallest absolute Gasteiger partial charge is 0.293 e. The zero-order valence-corrected chi connectivity index (χ0v) is 10.0. The fourth-order valence-corrected chi connectivity index (χ4v) is 2.29. The van der Waals surface area contributed by atoms with E-state index < -0.39 is 0 Å². The Balaban J connectivity index is 2.79. The van der Waals surface area contributed by atoms with Crippen molar-refractivity contribution in [3.05, 3.63) is 10.5 Å². The molecule has 7 nitrogen and oxygen atoms in total. The van der Waals surface area contributed by atoms with Crippen LogP contribution in [-0.4, -0.2) is 25.9 Å². The highest BCUT2D eigenvalue weighted by Crippen LogP contribution is 2.23. The van der Waals surface area contributed by atoms with Gasteiger partial charge in [-0.3, -0.25) is 14.8 Å². The van der Waals surface area contributed by atoms with Gasteiger partial charge in [0.15, 0.2) is 5.16 Å². The third-order valence-electron chi connectivity index (χ3n) is 2.07. The highest BCUT2D eigenvalue weighted by atomic mass is 32.2. The van der Waals surface area contributed by atoms with E-state index in [2.05, 4.69) is 15.6 Å². The molecule has 8 heteroatoms. The number of aromatic amines is 1. The second-order valence-electron chi connectivity index (χ2n) is 3.27. The number of carbonyl (C=O) groups excluding carboxylic acids is 1. The predicted octanol–water partition coefficient (Wildman–Crippen LogP) is -0.641. The minimum Gasteiger partial charge on any atom is -0.293 e. The number of nitrogens with one attached hydrogen (secondary N) is 2. The van der Waals surface area contributed by atoms with Crippen molar-refractivity contribution in [1.29, 1.82) is 0 Å². The van der Waals surface area contributed by atoms with E-state index in [4.69, 9.17) is 5.84 Å². The van der Waals surface area contributed by atoms with Crippen molar-refractivity contribution in [1.82, 2.24) is 20.2 Å². The first-order valence-corrected chi connectivity index (χ1v) is 5.76. The summed E-state index contributed by atoms with van der Waals surface area (Å²) in [5.41, 5.74) is 1.81. The Kier molecular flexibility index (Phi) is 4.56. The zero-order chi connectivity index (χ0) is 12.1. The number of carbonyl (C=O) groups is 1. The van der Waals surface area contributed by atoms with Gasteiger partial charge in [-0.05, 0) is 6.42 Å². The van der Waals surface area contributed by atoms with E-state index in [1.807, 2.05) is 6.92 Å². The van der Waals surface area contributed by atoms with Crippen molar-refractivity contribution in [3.63, 3.8) is 0 Å². The summed E-state index contributed by atoms with van der Waals surface area (Å²) in [6.07, 6.45) is 1.53. The second kappa shape index (κ2) is 5.71. The van der Waals surface area contributed by atoms with Gasteiger partial charge in [0, 0.05) is 7.05 Å². The van der Waals surface area contributed by atoms with Crippen molar-refractivity contribution < 1.29 is 4.79 Å². The molecule has 1 heterocycles. The highest BCUT2D eigenvalue weighted by molar-refractivity contribution is 8.00. The molecule has 1 amide bonds. The maximum atomic E-state index is 11.4. The van der Waals surface area contributed by atoms with Crippen LogP contribution in [0.3, 0.4) is 0 Å². The molecule has 0 spiro atoms. The summed E-state index contributed by atoms with van der Waals surface area (Å²) in [6, 6.07) is 0. The number of hydrazine groups is 1. The summed E-state index contributed by atoms with van der Waals surface area (Å²) < 4.78 is 1.36. The number of nitrogens with zero attached hydrogens (tertiary/aromatic N) is 2. The van der Waals surface area contributed by atoms with Crippen molar-refractivity contribution >= 4 is 17.7 Å². The molecule has 1 aromatic rings. The largest absolute Gasteiger partial charge is 0.343 e. The summed E-state index contributed by atoms with van der Waals surface area (Å²) in [5, 5.41) is 6.29. The van der Waals surface area contributed by atoms with Crippen molar-refractivity contribution in [2.75, 3.05) is 0 Å². The lowest BCUT2D eigenvalue weighted by Gasteiger charge is -2.12. The van der Waals surface area contributed by atoms with Gasteiger partial charge in [-0.15, -0.1) is 5.10 Å². The van der Waals surface area contributed by atoms with Crippen molar-refractivity contribution in [2.45, 2.75) is 30.2 Å². The topological polar surface area (TPSA) is 106 Å². The molecule has 0 saturated heterocycles. The molecule has 0 aliphatic carbocycles. The lowest BCUT2D eigenvalue weighted by molar-refractivity contribution is -0.120. The van der Waals surface area contributed by atoms with E-state index in [0.717, 1.165) is 6.42 Å². The van der Waals surface area contributed by atoms with E-state index in [1.165, 1.54) is 16.3 Å². The molecular formula is C8H15N5O2S. The number of amides is 1. The summed E-state index contributed by atoms with van der Waals surface area (Å²) in [5.74, 6) is 4.83. The third kappa shape index (κ3) is 2.86. The number of rotatable bonds is 5. The fourth-order valence-electron chi connectivity index (χ4n) is 1.16. The van der Waals surface area contributed by atoms with Crippen LogP contribution in [0, 0.1) is 0 Å². The van der Waals surface area contributed by atoms with Gasteiger partial charge in [0.2, 0.25) is 5.91 Å². The van der Waals surface area contributed by atoms with Crippen LogP contribution in [0.5, 0.6) is 0 Å². The fraction of sp³-hybridized carbons (Fsp3) is 0.625. The standard InChI is InChI=1S/C8H15N5O2S/c1-3-4-5(6(14)10-9)16-8-12-11-7(15)13(8)2/h5H,3-4,9H2,1-2H3,(H,10,14)(H,11,15). The maximum absolute atomic E-state index is 11.4. The number of hydrogen-bond donors (Lipinski definition) is 3. The molecule has 0 aliphatic heterocycles. The van der Waals surface area contributed by atoms with Gasteiger partial charge in [-0.25, -0.2) is 15.7 Å². The number of aromatic nitrogens is 3. The third-order valence-corrected chi connectivity index (χ3v) is 3.38. The van der Waals surface area contributed by atoms with Crippen molar-refractivity contribution in [2.24, 2.45) is 12.9 Å². The van der Waals surface area contributed by atoms with Gasteiger partial charge in [-0.2, -0.15) is 0 Å². The first-order chi connectivity index (χ1) is 7.60. The number of H-pyrrole nitrogens is 1. The molecule has 0 fully saturated rings. The van der Waals surface area contributed by atoms with Crippen LogP contribution in [-0.2, 0) is 11.8 Å². The van der Waals surface area contributed by atoms with Gasteiger partial charge < -0.3 is 0 Å². The van der Waals surface area contributed by atoms with Crippen LogP contribution in [0.25, 0.3) is 0 Å². The molecule has 0 bridgehead atoms. The van der Waals surface area contributed by atoms with E-state index in [-0.39, 0.29) is 16.8 Å². The van der Waals surface area contributed by atoms with E-state index >= 15 is 0 Å². The SMILES string of the molecule is CCCC(Sc1n[nH]c(=O)n1C)C(=O)NN. The first kappa shape index (κ1) is 12.8. The molecule has 90 valence electrons. The molecular weight excluding hydrogens is 230 g/mol. The second-order valence-corrected chi connectivity index (χ2v) is 4.44. The van der Waals surface area contributed by atoms with Crippen molar-refractivity contribution in [3.8, 4) is 0 Å². The molecule has 4 N–H and O–H groups in total. The molecule has 0 aromatic carbocycles. The number of nitrogens with two attached hydrogens (primary N) is 1. The molecule has 0 aliphatic rings.